The van der Waals surface area contributed by atoms with Gasteiger partial charge in [0, 0.05) is 12.4 Å². The first-order chi connectivity index (χ1) is 6.18. The molecule has 0 unspecified atom stereocenters. The number of sulfonamides is 1. The van der Waals surface area contributed by atoms with E-state index in [1.165, 1.54) is 18.6 Å². The number of hydrogen-bond donors (Lipinski definition) is 1. The average Bonchev–Trinajstić information content (AvgIpc) is 2.87. The molecule has 1 aromatic rings. The smallest absolute Gasteiger partial charge is 0.236 e. The normalized spacial score (nSPS) is 16.9. The maximum atomic E-state index is 11.4. The first-order valence-corrected chi connectivity index (χ1v) is 5.51. The van der Waals surface area contributed by atoms with Crippen LogP contribution in [0.4, 0.5) is 5.82 Å². The Bertz CT molecular complexity index is 385. The molecule has 0 spiro atoms. The van der Waals surface area contributed by atoms with E-state index in [1.54, 1.807) is 0 Å². The van der Waals surface area contributed by atoms with Crippen molar-refractivity contribution in [1.29, 1.82) is 0 Å². The van der Waals surface area contributed by atoms with E-state index in [2.05, 4.69) is 14.7 Å². The van der Waals surface area contributed by atoms with E-state index in [0.29, 0.717) is 0 Å². The summed E-state index contributed by atoms with van der Waals surface area (Å²) in [6.07, 6.45) is 5.82. The lowest BCUT2D eigenvalue weighted by Gasteiger charge is -2.03. The van der Waals surface area contributed by atoms with Crippen LogP contribution in [-0.2, 0) is 10.0 Å². The third-order valence-corrected chi connectivity index (χ3v) is 3.62. The summed E-state index contributed by atoms with van der Waals surface area (Å²) in [4.78, 5) is 7.58. The summed E-state index contributed by atoms with van der Waals surface area (Å²) in [7, 11) is -3.19. The minimum atomic E-state index is -3.19. The lowest BCUT2D eigenvalue weighted by molar-refractivity contribution is 0.599. The Kier molecular flexibility index (Phi) is 1.91. The molecule has 13 heavy (non-hydrogen) atoms. The lowest BCUT2D eigenvalue weighted by atomic mass is 10.7. The second kappa shape index (κ2) is 2.95. The summed E-state index contributed by atoms with van der Waals surface area (Å²) in [5, 5.41) is -0.227. The average molecular weight is 199 g/mol. The van der Waals surface area contributed by atoms with E-state index in [0.717, 1.165) is 12.8 Å². The number of aromatic nitrogens is 2. The second-order valence-electron chi connectivity index (χ2n) is 2.94. The van der Waals surface area contributed by atoms with Crippen LogP contribution in [0.2, 0.25) is 0 Å². The topological polar surface area (TPSA) is 72.0 Å². The molecule has 6 heteroatoms. The summed E-state index contributed by atoms with van der Waals surface area (Å²) in [6.45, 7) is 0. The predicted octanol–water partition coefficient (Wildman–Crippen LogP) is 0.381. The summed E-state index contributed by atoms with van der Waals surface area (Å²) in [5.74, 6) is 0.286. The van der Waals surface area contributed by atoms with Gasteiger partial charge >= 0.3 is 0 Å². The molecule has 0 aliphatic heterocycles. The molecule has 1 heterocycles. The van der Waals surface area contributed by atoms with Gasteiger partial charge in [0.15, 0.2) is 5.82 Å². The highest BCUT2D eigenvalue weighted by molar-refractivity contribution is 7.93. The Hall–Kier alpha value is -1.17. The zero-order valence-electron chi connectivity index (χ0n) is 6.84. The van der Waals surface area contributed by atoms with E-state index in [4.69, 9.17) is 0 Å². The van der Waals surface area contributed by atoms with Gasteiger partial charge in [-0.1, -0.05) is 0 Å². The number of rotatable bonds is 3. The molecule has 1 fully saturated rings. The molecule has 2 rings (SSSR count). The maximum Gasteiger partial charge on any atom is 0.236 e. The zero-order chi connectivity index (χ0) is 9.31. The van der Waals surface area contributed by atoms with E-state index in [1.807, 2.05) is 0 Å². The lowest BCUT2D eigenvalue weighted by Crippen LogP contribution is -2.18. The van der Waals surface area contributed by atoms with Crippen molar-refractivity contribution >= 4 is 15.8 Å². The molecule has 0 atom stereocenters. The van der Waals surface area contributed by atoms with Crippen molar-refractivity contribution < 1.29 is 8.42 Å². The first kappa shape index (κ1) is 8.43. The van der Waals surface area contributed by atoms with Gasteiger partial charge in [-0.05, 0) is 12.8 Å². The Balaban J connectivity index is 2.14. The highest BCUT2D eigenvalue weighted by atomic mass is 32.2. The zero-order valence-corrected chi connectivity index (χ0v) is 7.66. The molecular weight excluding hydrogens is 190 g/mol. The Morgan fingerprint density at radius 2 is 2.15 bits per heavy atom. The summed E-state index contributed by atoms with van der Waals surface area (Å²) < 4.78 is 25.1. The third-order valence-electron chi connectivity index (χ3n) is 1.77. The minimum Gasteiger partial charge on any atom is -0.266 e. The number of anilines is 1. The van der Waals surface area contributed by atoms with Gasteiger partial charge in [-0.3, -0.25) is 9.71 Å². The summed E-state index contributed by atoms with van der Waals surface area (Å²) >= 11 is 0. The van der Waals surface area contributed by atoms with Gasteiger partial charge in [0.1, 0.15) is 0 Å². The van der Waals surface area contributed by atoms with Crippen molar-refractivity contribution in [1.82, 2.24) is 9.97 Å². The number of nitrogens with one attached hydrogen (secondary N) is 1. The molecule has 0 radical (unpaired) electrons. The molecule has 1 N–H and O–H groups in total. The fraction of sp³-hybridized carbons (Fsp3) is 0.429. The SMILES string of the molecule is O=S(=O)(Nc1cnccn1)C1CC1. The van der Waals surface area contributed by atoms with Crippen LogP contribution in [0.5, 0.6) is 0 Å². The van der Waals surface area contributed by atoms with Crippen LogP contribution in [0.1, 0.15) is 12.8 Å². The van der Waals surface area contributed by atoms with Crippen molar-refractivity contribution in [3.05, 3.63) is 18.6 Å². The van der Waals surface area contributed by atoms with Gasteiger partial charge in [0.25, 0.3) is 0 Å². The van der Waals surface area contributed by atoms with E-state index in [-0.39, 0.29) is 11.1 Å². The monoisotopic (exact) mass is 199 g/mol. The van der Waals surface area contributed by atoms with Gasteiger partial charge in [0.05, 0.1) is 11.4 Å². The molecule has 1 aliphatic rings. The minimum absolute atomic E-state index is 0.227. The molecule has 70 valence electrons. The molecule has 0 aromatic carbocycles. The fourth-order valence-corrected chi connectivity index (χ4v) is 2.28. The van der Waals surface area contributed by atoms with Crippen molar-refractivity contribution in [3.63, 3.8) is 0 Å². The Morgan fingerprint density at radius 1 is 1.38 bits per heavy atom. The van der Waals surface area contributed by atoms with E-state index in [9.17, 15) is 8.42 Å². The van der Waals surface area contributed by atoms with Crippen LogP contribution in [0.15, 0.2) is 18.6 Å². The molecule has 1 aromatic heterocycles. The summed E-state index contributed by atoms with van der Waals surface area (Å²) in [5.41, 5.74) is 0. The second-order valence-corrected chi connectivity index (χ2v) is 4.90. The molecule has 0 saturated heterocycles. The highest BCUT2D eigenvalue weighted by Crippen LogP contribution is 2.28. The Labute approximate surface area is 76.3 Å². The Morgan fingerprint density at radius 3 is 2.69 bits per heavy atom. The largest absolute Gasteiger partial charge is 0.266 e. The molecule has 1 aliphatic carbocycles. The van der Waals surface area contributed by atoms with Crippen LogP contribution in [0.3, 0.4) is 0 Å². The van der Waals surface area contributed by atoms with E-state index >= 15 is 0 Å². The molecule has 0 amide bonds. The van der Waals surface area contributed by atoms with Crippen molar-refractivity contribution in [2.45, 2.75) is 18.1 Å². The van der Waals surface area contributed by atoms with Gasteiger partial charge in [-0.25, -0.2) is 13.4 Å². The van der Waals surface area contributed by atoms with Crippen LogP contribution in [0.25, 0.3) is 0 Å². The quantitative estimate of drug-likeness (QED) is 0.763. The van der Waals surface area contributed by atoms with Gasteiger partial charge in [0.2, 0.25) is 10.0 Å². The molecular formula is C7H9N3O2S. The summed E-state index contributed by atoms with van der Waals surface area (Å²) in [6, 6.07) is 0. The number of hydrogen-bond acceptors (Lipinski definition) is 4. The van der Waals surface area contributed by atoms with Crippen LogP contribution < -0.4 is 4.72 Å². The van der Waals surface area contributed by atoms with Crippen molar-refractivity contribution in [3.8, 4) is 0 Å². The molecule has 0 bridgehead atoms. The standard InChI is InChI=1S/C7H9N3O2S/c11-13(12,6-1-2-6)10-7-5-8-3-4-9-7/h3-6H,1-2H2,(H,9,10). The van der Waals surface area contributed by atoms with E-state index < -0.39 is 10.0 Å². The predicted molar refractivity (Wildman–Crippen MR) is 47.6 cm³/mol. The third kappa shape index (κ3) is 1.95. The highest BCUT2D eigenvalue weighted by Gasteiger charge is 2.35. The molecule has 5 nitrogen and oxygen atoms in total. The molecule has 1 saturated carbocycles. The van der Waals surface area contributed by atoms with Crippen LogP contribution in [-0.4, -0.2) is 23.6 Å². The van der Waals surface area contributed by atoms with Crippen LogP contribution >= 0.6 is 0 Å². The van der Waals surface area contributed by atoms with Gasteiger partial charge < -0.3 is 0 Å². The van der Waals surface area contributed by atoms with Gasteiger partial charge in [-0.15, -0.1) is 0 Å². The van der Waals surface area contributed by atoms with Crippen LogP contribution in [0, 0.1) is 0 Å². The maximum absolute atomic E-state index is 11.4. The number of nitrogens with zero attached hydrogens (tertiary/aromatic N) is 2. The fourth-order valence-electron chi connectivity index (χ4n) is 0.959. The van der Waals surface area contributed by atoms with Crippen molar-refractivity contribution in [2.75, 3.05) is 4.72 Å². The van der Waals surface area contributed by atoms with Gasteiger partial charge in [-0.2, -0.15) is 0 Å². The van der Waals surface area contributed by atoms with Crippen molar-refractivity contribution in [2.24, 2.45) is 0 Å². The first-order valence-electron chi connectivity index (χ1n) is 3.96.